The number of ketones is 1. The van der Waals surface area contributed by atoms with Crippen molar-refractivity contribution in [1.29, 1.82) is 0 Å². The molecule has 98 valence electrons. The number of carbonyl (C=O) groups is 1. The van der Waals surface area contributed by atoms with E-state index in [1.165, 1.54) is 6.92 Å². The summed E-state index contributed by atoms with van der Waals surface area (Å²) in [6, 6.07) is 14.9. The molecule has 1 heterocycles. The summed E-state index contributed by atoms with van der Waals surface area (Å²) < 4.78 is 0. The van der Waals surface area contributed by atoms with E-state index in [4.69, 9.17) is 5.73 Å². The van der Waals surface area contributed by atoms with Gasteiger partial charge in [-0.2, -0.15) is 0 Å². The Bertz CT molecular complexity index is 797. The third kappa shape index (κ3) is 2.12. The highest BCUT2D eigenvalue weighted by Gasteiger charge is 2.09. The van der Waals surface area contributed by atoms with Crippen LogP contribution in [-0.2, 0) is 0 Å². The second-order valence-corrected chi connectivity index (χ2v) is 4.59. The van der Waals surface area contributed by atoms with Crippen LogP contribution < -0.4 is 5.73 Å². The lowest BCUT2D eigenvalue weighted by Crippen LogP contribution is -1.99. The number of aromatic nitrogens is 2. The van der Waals surface area contributed by atoms with Crippen LogP contribution in [0.1, 0.15) is 17.3 Å². The number of hydrogen-bond donors (Lipinski definition) is 1. The summed E-state index contributed by atoms with van der Waals surface area (Å²) in [6.45, 7) is 1.53. The van der Waals surface area contributed by atoms with Gasteiger partial charge in [0.1, 0.15) is 5.82 Å². The smallest absolute Gasteiger partial charge is 0.162 e. The first-order valence-corrected chi connectivity index (χ1v) is 6.29. The molecule has 3 aromatic rings. The Labute approximate surface area is 116 Å². The molecule has 4 heteroatoms. The van der Waals surface area contributed by atoms with E-state index in [0.717, 1.165) is 10.9 Å². The molecule has 0 amide bonds. The largest absolute Gasteiger partial charge is 0.383 e. The summed E-state index contributed by atoms with van der Waals surface area (Å²) in [5.41, 5.74) is 8.19. The number of hydrogen-bond acceptors (Lipinski definition) is 4. The second kappa shape index (κ2) is 4.74. The maximum atomic E-state index is 11.5. The Morgan fingerprint density at radius 1 is 1.05 bits per heavy atom. The monoisotopic (exact) mass is 263 g/mol. The quantitative estimate of drug-likeness (QED) is 0.721. The lowest BCUT2D eigenvalue weighted by Gasteiger charge is -2.06. The average Bonchev–Trinajstić information content (AvgIpc) is 2.47. The highest BCUT2D eigenvalue weighted by molar-refractivity contribution is 5.99. The molecule has 0 aliphatic heterocycles. The molecule has 3 rings (SSSR count). The number of anilines is 1. The van der Waals surface area contributed by atoms with Gasteiger partial charge < -0.3 is 5.73 Å². The van der Waals surface area contributed by atoms with Crippen LogP contribution >= 0.6 is 0 Å². The maximum absolute atomic E-state index is 11.5. The van der Waals surface area contributed by atoms with Gasteiger partial charge in [0, 0.05) is 16.5 Å². The Morgan fingerprint density at radius 2 is 1.80 bits per heavy atom. The van der Waals surface area contributed by atoms with Crippen molar-refractivity contribution in [2.45, 2.75) is 6.92 Å². The topological polar surface area (TPSA) is 68.9 Å². The van der Waals surface area contributed by atoms with Crippen LogP contribution in [0.5, 0.6) is 0 Å². The first-order chi connectivity index (χ1) is 9.65. The first-order valence-electron chi connectivity index (χ1n) is 6.29. The van der Waals surface area contributed by atoms with Crippen molar-refractivity contribution in [2.24, 2.45) is 0 Å². The minimum absolute atomic E-state index is 0.00495. The number of nitrogens with two attached hydrogens (primary N) is 1. The lowest BCUT2D eigenvalue weighted by atomic mass is 10.1. The van der Waals surface area contributed by atoms with Gasteiger partial charge in [-0.3, -0.25) is 4.79 Å². The Balaban J connectivity index is 2.24. The van der Waals surface area contributed by atoms with Crippen LogP contribution in [0.2, 0.25) is 0 Å². The number of nitrogen functional groups attached to an aromatic ring is 1. The highest BCUT2D eigenvalue weighted by atomic mass is 16.1. The molecule has 0 aliphatic carbocycles. The number of fused-ring (bicyclic) bond motifs is 1. The van der Waals surface area contributed by atoms with Gasteiger partial charge in [-0.05, 0) is 19.1 Å². The van der Waals surface area contributed by atoms with E-state index in [-0.39, 0.29) is 5.78 Å². The Kier molecular flexibility index (Phi) is 2.91. The van der Waals surface area contributed by atoms with Gasteiger partial charge in [0.05, 0.1) is 5.52 Å². The van der Waals surface area contributed by atoms with Crippen LogP contribution in [0.25, 0.3) is 22.3 Å². The molecule has 1 aromatic heterocycles. The van der Waals surface area contributed by atoms with E-state index in [9.17, 15) is 4.79 Å². The molecule has 20 heavy (non-hydrogen) atoms. The van der Waals surface area contributed by atoms with Gasteiger partial charge in [-0.1, -0.05) is 36.4 Å². The lowest BCUT2D eigenvalue weighted by molar-refractivity contribution is 0.101. The van der Waals surface area contributed by atoms with E-state index < -0.39 is 0 Å². The average molecular weight is 263 g/mol. The van der Waals surface area contributed by atoms with Crippen LogP contribution in [0.15, 0.2) is 48.5 Å². The van der Waals surface area contributed by atoms with E-state index in [1.807, 2.05) is 30.3 Å². The fourth-order valence-electron chi connectivity index (χ4n) is 2.09. The molecule has 0 radical (unpaired) electrons. The molecular weight excluding hydrogens is 250 g/mol. The molecule has 0 saturated heterocycles. The SMILES string of the molecule is CC(=O)c1ccc2c(N)nc(-c3ccccc3)nc2c1. The predicted molar refractivity (Wildman–Crippen MR) is 79.4 cm³/mol. The summed E-state index contributed by atoms with van der Waals surface area (Å²) >= 11 is 0. The molecule has 0 fully saturated rings. The molecule has 2 N–H and O–H groups in total. The normalized spacial score (nSPS) is 10.7. The van der Waals surface area contributed by atoms with Crippen molar-refractivity contribution in [2.75, 3.05) is 5.73 Å². The summed E-state index contributed by atoms with van der Waals surface area (Å²) in [5, 5.41) is 0.759. The fourth-order valence-corrected chi connectivity index (χ4v) is 2.09. The molecule has 0 bridgehead atoms. The van der Waals surface area contributed by atoms with E-state index in [2.05, 4.69) is 9.97 Å². The molecule has 0 aliphatic rings. The summed E-state index contributed by atoms with van der Waals surface area (Å²) in [5.74, 6) is 0.991. The van der Waals surface area contributed by atoms with Gasteiger partial charge in [0.15, 0.2) is 11.6 Å². The van der Waals surface area contributed by atoms with Crippen LogP contribution in [0.3, 0.4) is 0 Å². The van der Waals surface area contributed by atoms with Gasteiger partial charge in [-0.15, -0.1) is 0 Å². The van der Waals surface area contributed by atoms with Crippen molar-refractivity contribution >= 4 is 22.5 Å². The van der Waals surface area contributed by atoms with Crippen LogP contribution in [-0.4, -0.2) is 15.8 Å². The number of rotatable bonds is 2. The van der Waals surface area contributed by atoms with Crippen molar-refractivity contribution in [3.8, 4) is 11.4 Å². The minimum atomic E-state index is 0.00495. The fraction of sp³-hybridized carbons (Fsp3) is 0.0625. The summed E-state index contributed by atoms with van der Waals surface area (Å²) in [7, 11) is 0. The second-order valence-electron chi connectivity index (χ2n) is 4.59. The molecule has 0 atom stereocenters. The van der Waals surface area contributed by atoms with Gasteiger partial charge in [-0.25, -0.2) is 9.97 Å². The zero-order valence-corrected chi connectivity index (χ0v) is 11.0. The van der Waals surface area contributed by atoms with E-state index in [0.29, 0.717) is 22.7 Å². The zero-order valence-electron chi connectivity index (χ0n) is 11.0. The number of carbonyl (C=O) groups excluding carboxylic acids is 1. The standard InChI is InChI=1S/C16H13N3O/c1-10(20)12-7-8-13-14(9-12)18-16(19-15(13)17)11-5-3-2-4-6-11/h2-9H,1H3,(H2,17,18,19). The molecule has 2 aromatic carbocycles. The molecule has 0 saturated carbocycles. The summed E-state index contributed by atoms with van der Waals surface area (Å²) in [6.07, 6.45) is 0. The maximum Gasteiger partial charge on any atom is 0.162 e. The van der Waals surface area contributed by atoms with Crippen LogP contribution in [0.4, 0.5) is 5.82 Å². The van der Waals surface area contributed by atoms with E-state index >= 15 is 0 Å². The predicted octanol–water partition coefficient (Wildman–Crippen LogP) is 3.08. The number of Topliss-reactive ketones (excluding diaryl/α,β-unsaturated/α-hetero) is 1. The molecular formula is C16H13N3O. The van der Waals surface area contributed by atoms with Gasteiger partial charge in [0.25, 0.3) is 0 Å². The van der Waals surface area contributed by atoms with Gasteiger partial charge in [0.2, 0.25) is 0 Å². The summed E-state index contributed by atoms with van der Waals surface area (Å²) in [4.78, 5) is 20.3. The third-order valence-corrected chi connectivity index (χ3v) is 3.16. The first kappa shape index (κ1) is 12.3. The van der Waals surface area contributed by atoms with Crippen molar-refractivity contribution in [3.63, 3.8) is 0 Å². The Hall–Kier alpha value is -2.75. The van der Waals surface area contributed by atoms with Gasteiger partial charge >= 0.3 is 0 Å². The van der Waals surface area contributed by atoms with Crippen molar-refractivity contribution in [1.82, 2.24) is 9.97 Å². The van der Waals surface area contributed by atoms with Crippen LogP contribution in [0, 0.1) is 0 Å². The zero-order chi connectivity index (χ0) is 14.1. The molecule has 0 spiro atoms. The number of nitrogens with zero attached hydrogens (tertiary/aromatic N) is 2. The highest BCUT2D eigenvalue weighted by Crippen LogP contribution is 2.23. The van der Waals surface area contributed by atoms with E-state index in [1.54, 1.807) is 18.2 Å². The number of benzene rings is 2. The van der Waals surface area contributed by atoms with Crippen molar-refractivity contribution < 1.29 is 4.79 Å². The molecule has 4 nitrogen and oxygen atoms in total. The third-order valence-electron chi connectivity index (χ3n) is 3.16. The van der Waals surface area contributed by atoms with Crippen molar-refractivity contribution in [3.05, 3.63) is 54.1 Å². The molecule has 0 unspecified atom stereocenters. The minimum Gasteiger partial charge on any atom is -0.383 e. The Morgan fingerprint density at radius 3 is 2.50 bits per heavy atom.